The second-order valence-electron chi connectivity index (χ2n) is 8.24. The second kappa shape index (κ2) is 10.1. The number of anilines is 1. The number of carbonyl (C=O) groups is 2. The van der Waals surface area contributed by atoms with Gasteiger partial charge in [0.25, 0.3) is 11.8 Å². The molecule has 0 radical (unpaired) electrons. The van der Waals surface area contributed by atoms with Crippen LogP contribution in [0.1, 0.15) is 32.2 Å². The van der Waals surface area contributed by atoms with Crippen molar-refractivity contribution in [3.63, 3.8) is 0 Å². The molecular weight excluding hydrogens is 476 g/mol. The summed E-state index contributed by atoms with van der Waals surface area (Å²) in [6.07, 6.45) is 0. The Hall–Kier alpha value is -4.43. The van der Waals surface area contributed by atoms with Gasteiger partial charge < -0.3 is 15.2 Å². The Labute approximate surface area is 212 Å². The van der Waals surface area contributed by atoms with E-state index in [1.54, 1.807) is 31.3 Å². The van der Waals surface area contributed by atoms with Crippen molar-refractivity contribution in [1.29, 1.82) is 0 Å². The molecule has 0 spiro atoms. The third kappa shape index (κ3) is 4.85. The average molecular weight is 499 g/mol. The number of fused-ring (bicyclic) bond motifs is 1. The molecule has 0 aliphatic carbocycles. The van der Waals surface area contributed by atoms with E-state index in [0.29, 0.717) is 22.9 Å². The Balaban J connectivity index is 1.32. The number of rotatable bonds is 7. The maximum absolute atomic E-state index is 12.9. The monoisotopic (exact) mass is 498 g/mol. The molecule has 0 saturated carbocycles. The SMILES string of the molecule is Cn1nc(C(=O)NCc2nc3ccccc3n2Cc2ccccc2)cc1NC(=O)c1ccccc1Cl. The van der Waals surface area contributed by atoms with Gasteiger partial charge in [-0.15, -0.1) is 0 Å². The van der Waals surface area contributed by atoms with Crippen LogP contribution in [-0.4, -0.2) is 31.1 Å². The molecule has 0 fully saturated rings. The lowest BCUT2D eigenvalue weighted by Crippen LogP contribution is -2.25. The van der Waals surface area contributed by atoms with E-state index in [1.165, 1.54) is 10.7 Å². The fourth-order valence-electron chi connectivity index (χ4n) is 3.98. The summed E-state index contributed by atoms with van der Waals surface area (Å²) in [5.41, 5.74) is 3.51. The zero-order chi connectivity index (χ0) is 25.1. The van der Waals surface area contributed by atoms with E-state index in [2.05, 4.69) is 32.4 Å². The van der Waals surface area contributed by atoms with Crippen molar-refractivity contribution in [2.45, 2.75) is 13.1 Å². The zero-order valence-electron chi connectivity index (χ0n) is 19.5. The minimum absolute atomic E-state index is 0.178. The fraction of sp³-hybridized carbons (Fsp3) is 0.111. The van der Waals surface area contributed by atoms with Crippen molar-refractivity contribution >= 4 is 40.3 Å². The number of aryl methyl sites for hydroxylation is 1. The van der Waals surface area contributed by atoms with Gasteiger partial charge >= 0.3 is 0 Å². The molecule has 2 amide bonds. The molecule has 0 atom stereocenters. The average Bonchev–Trinajstić information content (AvgIpc) is 3.43. The maximum Gasteiger partial charge on any atom is 0.272 e. The maximum atomic E-state index is 12.9. The number of hydrogen-bond donors (Lipinski definition) is 2. The number of nitrogens with one attached hydrogen (secondary N) is 2. The number of hydrogen-bond acceptors (Lipinski definition) is 4. The van der Waals surface area contributed by atoms with Gasteiger partial charge in [0.2, 0.25) is 0 Å². The molecular formula is C27H23ClN6O2. The van der Waals surface area contributed by atoms with Gasteiger partial charge in [0.1, 0.15) is 11.6 Å². The first-order valence-corrected chi connectivity index (χ1v) is 11.7. The topological polar surface area (TPSA) is 93.8 Å². The van der Waals surface area contributed by atoms with Gasteiger partial charge in [-0.3, -0.25) is 14.3 Å². The van der Waals surface area contributed by atoms with Gasteiger partial charge in [0.15, 0.2) is 5.69 Å². The van der Waals surface area contributed by atoms with Gasteiger partial charge in [-0.25, -0.2) is 4.98 Å². The summed E-state index contributed by atoms with van der Waals surface area (Å²) in [4.78, 5) is 30.3. The number of aromatic nitrogens is 4. The minimum Gasteiger partial charge on any atom is -0.343 e. The van der Waals surface area contributed by atoms with E-state index in [0.717, 1.165) is 22.4 Å². The van der Waals surface area contributed by atoms with Crippen LogP contribution >= 0.6 is 11.6 Å². The molecule has 3 aromatic carbocycles. The summed E-state index contributed by atoms with van der Waals surface area (Å²) in [5, 5.41) is 10.3. The summed E-state index contributed by atoms with van der Waals surface area (Å²) in [6, 6.07) is 26.3. The van der Waals surface area contributed by atoms with Crippen LogP contribution < -0.4 is 10.6 Å². The molecule has 2 heterocycles. The summed E-state index contributed by atoms with van der Waals surface area (Å²) in [6.45, 7) is 0.854. The second-order valence-corrected chi connectivity index (χ2v) is 8.65. The molecule has 0 bridgehead atoms. The number of halogens is 1. The van der Waals surface area contributed by atoms with Crippen LogP contribution in [0.4, 0.5) is 5.82 Å². The van der Waals surface area contributed by atoms with Gasteiger partial charge in [-0.1, -0.05) is 66.2 Å². The molecule has 5 rings (SSSR count). The normalized spacial score (nSPS) is 10.9. The molecule has 8 nitrogen and oxygen atoms in total. The molecule has 9 heteroatoms. The van der Waals surface area contributed by atoms with Crippen LogP contribution in [0.2, 0.25) is 5.02 Å². The highest BCUT2D eigenvalue weighted by molar-refractivity contribution is 6.34. The summed E-state index contributed by atoms with van der Waals surface area (Å²) in [7, 11) is 1.65. The number of para-hydroxylation sites is 2. The first kappa shape index (κ1) is 23.3. The molecule has 0 aliphatic heterocycles. The molecule has 0 saturated heterocycles. The van der Waals surface area contributed by atoms with Gasteiger partial charge in [0.05, 0.1) is 28.2 Å². The predicted molar refractivity (Wildman–Crippen MR) is 139 cm³/mol. The van der Waals surface area contributed by atoms with E-state index in [9.17, 15) is 9.59 Å². The molecule has 2 aromatic heterocycles. The lowest BCUT2D eigenvalue weighted by molar-refractivity contribution is 0.0943. The van der Waals surface area contributed by atoms with E-state index in [4.69, 9.17) is 16.6 Å². The summed E-state index contributed by atoms with van der Waals surface area (Å²) >= 11 is 6.12. The number of amides is 2. The zero-order valence-corrected chi connectivity index (χ0v) is 20.2. The van der Waals surface area contributed by atoms with Crippen molar-refractivity contribution in [3.05, 3.63) is 113 Å². The van der Waals surface area contributed by atoms with Crippen LogP contribution in [-0.2, 0) is 20.1 Å². The van der Waals surface area contributed by atoms with Crippen molar-refractivity contribution in [3.8, 4) is 0 Å². The largest absolute Gasteiger partial charge is 0.343 e. The van der Waals surface area contributed by atoms with E-state index in [-0.39, 0.29) is 24.1 Å². The Morgan fingerprint density at radius 1 is 0.917 bits per heavy atom. The first-order chi connectivity index (χ1) is 17.5. The fourth-order valence-corrected chi connectivity index (χ4v) is 4.20. The Morgan fingerprint density at radius 2 is 1.64 bits per heavy atom. The van der Waals surface area contributed by atoms with E-state index >= 15 is 0 Å². The smallest absolute Gasteiger partial charge is 0.272 e. The van der Waals surface area contributed by atoms with E-state index < -0.39 is 0 Å². The molecule has 180 valence electrons. The third-order valence-corrected chi connectivity index (χ3v) is 6.13. The van der Waals surface area contributed by atoms with Crippen LogP contribution in [0.25, 0.3) is 11.0 Å². The molecule has 36 heavy (non-hydrogen) atoms. The first-order valence-electron chi connectivity index (χ1n) is 11.4. The third-order valence-electron chi connectivity index (χ3n) is 5.80. The number of imidazole rings is 1. The van der Waals surface area contributed by atoms with Crippen LogP contribution in [0.15, 0.2) is 84.9 Å². The lowest BCUT2D eigenvalue weighted by atomic mass is 10.2. The number of benzene rings is 3. The van der Waals surface area contributed by atoms with Gasteiger partial charge in [0, 0.05) is 19.7 Å². The highest BCUT2D eigenvalue weighted by Gasteiger charge is 2.18. The van der Waals surface area contributed by atoms with Crippen LogP contribution in [0.5, 0.6) is 0 Å². The molecule has 0 aliphatic rings. The Kier molecular flexibility index (Phi) is 6.51. The number of carbonyl (C=O) groups excluding carboxylic acids is 2. The quantitative estimate of drug-likeness (QED) is 0.341. The van der Waals surface area contributed by atoms with Gasteiger partial charge in [-0.05, 0) is 29.8 Å². The standard InChI is InChI=1S/C27H23ClN6O2/c1-33-24(31-26(35)19-11-5-6-12-20(19)28)15-22(32-33)27(36)29-16-25-30-21-13-7-8-14-23(21)34(25)17-18-9-3-2-4-10-18/h2-15H,16-17H2,1H3,(H,29,36)(H,31,35). The highest BCUT2D eigenvalue weighted by atomic mass is 35.5. The van der Waals surface area contributed by atoms with Crippen molar-refractivity contribution in [2.24, 2.45) is 7.05 Å². The van der Waals surface area contributed by atoms with Crippen LogP contribution in [0, 0.1) is 0 Å². The Morgan fingerprint density at radius 3 is 2.44 bits per heavy atom. The number of nitrogens with zero attached hydrogens (tertiary/aromatic N) is 4. The van der Waals surface area contributed by atoms with Crippen molar-refractivity contribution in [2.75, 3.05) is 5.32 Å². The molecule has 0 unspecified atom stereocenters. The van der Waals surface area contributed by atoms with Crippen LogP contribution in [0.3, 0.4) is 0 Å². The predicted octanol–water partition coefficient (Wildman–Crippen LogP) is 4.65. The minimum atomic E-state index is -0.384. The summed E-state index contributed by atoms with van der Waals surface area (Å²) in [5.74, 6) is 0.352. The van der Waals surface area contributed by atoms with Crippen molar-refractivity contribution in [1.82, 2.24) is 24.6 Å². The van der Waals surface area contributed by atoms with Gasteiger partial charge in [-0.2, -0.15) is 5.10 Å². The lowest BCUT2D eigenvalue weighted by Gasteiger charge is -2.10. The molecule has 2 N–H and O–H groups in total. The highest BCUT2D eigenvalue weighted by Crippen LogP contribution is 2.19. The van der Waals surface area contributed by atoms with Crippen molar-refractivity contribution < 1.29 is 9.59 Å². The Bertz CT molecular complexity index is 1560. The molecule has 5 aromatic rings. The summed E-state index contributed by atoms with van der Waals surface area (Å²) < 4.78 is 3.53. The van der Waals surface area contributed by atoms with E-state index in [1.807, 2.05) is 42.5 Å².